The summed E-state index contributed by atoms with van der Waals surface area (Å²) < 4.78 is 0. The third kappa shape index (κ3) is 1.33. The van der Waals surface area contributed by atoms with Crippen LogP contribution in [-0.4, -0.2) is 23.9 Å². The first kappa shape index (κ1) is 9.51. The molecule has 16 heavy (non-hydrogen) atoms. The topological polar surface area (TPSA) is 53.6 Å². The molecule has 0 aromatic rings. The Balaban J connectivity index is 2.06. The van der Waals surface area contributed by atoms with Crippen molar-refractivity contribution in [3.8, 4) is 0 Å². The van der Waals surface area contributed by atoms with E-state index in [0.29, 0.717) is 12.0 Å². The zero-order chi connectivity index (χ0) is 11.1. The normalized spacial score (nSPS) is 27.8. The number of nitrogens with one attached hydrogen (secondary N) is 1. The van der Waals surface area contributed by atoms with E-state index in [1.165, 1.54) is 23.3 Å². The minimum Gasteiger partial charge on any atom is -0.374 e. The van der Waals surface area contributed by atoms with Crippen LogP contribution in [0.4, 0.5) is 0 Å². The number of guanidine groups is 1. The molecule has 3 N–H and O–H groups in total. The Labute approximate surface area is 95.2 Å². The van der Waals surface area contributed by atoms with E-state index in [-0.39, 0.29) is 0 Å². The first-order chi connectivity index (χ1) is 7.75. The van der Waals surface area contributed by atoms with Crippen molar-refractivity contribution in [3.05, 3.63) is 35.3 Å². The molecule has 1 atom stereocenters. The number of nitrogens with two attached hydrogens (primary N) is 1. The lowest BCUT2D eigenvalue weighted by Gasteiger charge is -2.38. The number of aliphatic imine (C=N–C) groups is 1. The molecule has 0 amide bonds. The molecule has 0 saturated heterocycles. The van der Waals surface area contributed by atoms with Gasteiger partial charge in [0.2, 0.25) is 0 Å². The number of rotatable bonds is 0. The van der Waals surface area contributed by atoms with Gasteiger partial charge in [0.25, 0.3) is 0 Å². The quantitative estimate of drug-likeness (QED) is 0.636. The van der Waals surface area contributed by atoms with Crippen molar-refractivity contribution in [3.63, 3.8) is 0 Å². The number of likely N-dealkylation sites (N-methyl/N-ethyl adjacent to an activating group) is 1. The zero-order valence-corrected chi connectivity index (χ0v) is 9.40. The van der Waals surface area contributed by atoms with E-state index in [9.17, 15) is 0 Å². The van der Waals surface area contributed by atoms with Crippen molar-refractivity contribution in [2.24, 2.45) is 10.7 Å². The predicted octanol–water partition coefficient (Wildman–Crippen LogP) is 1.05. The maximum atomic E-state index is 5.73. The maximum Gasteiger partial charge on any atom is 0.197 e. The van der Waals surface area contributed by atoms with Crippen LogP contribution in [0.1, 0.15) is 19.3 Å². The molecular formula is C12H16N4. The van der Waals surface area contributed by atoms with E-state index in [1.807, 2.05) is 6.20 Å². The SMILES string of the molecule is CN1C=CCC2=C3NC(N)=NC=C3CCC21. The van der Waals surface area contributed by atoms with Gasteiger partial charge in [-0.05, 0) is 36.6 Å². The molecule has 3 aliphatic rings. The summed E-state index contributed by atoms with van der Waals surface area (Å²) in [6.07, 6.45) is 9.54. The molecule has 1 aliphatic carbocycles. The summed E-state index contributed by atoms with van der Waals surface area (Å²) >= 11 is 0. The second-order valence-corrected chi connectivity index (χ2v) is 4.50. The Hall–Kier alpha value is -1.71. The van der Waals surface area contributed by atoms with Crippen molar-refractivity contribution in [1.82, 2.24) is 10.2 Å². The molecule has 2 heterocycles. The number of allylic oxidation sites excluding steroid dienone is 2. The molecule has 4 heteroatoms. The second kappa shape index (κ2) is 3.40. The van der Waals surface area contributed by atoms with Gasteiger partial charge >= 0.3 is 0 Å². The Morgan fingerprint density at radius 3 is 3.31 bits per heavy atom. The van der Waals surface area contributed by atoms with Gasteiger partial charge in [0.1, 0.15) is 0 Å². The Morgan fingerprint density at radius 1 is 1.56 bits per heavy atom. The molecule has 3 rings (SSSR count). The molecule has 0 spiro atoms. The minimum atomic E-state index is 0.504. The summed E-state index contributed by atoms with van der Waals surface area (Å²) in [5.74, 6) is 0.504. The lowest BCUT2D eigenvalue weighted by molar-refractivity contribution is 0.326. The van der Waals surface area contributed by atoms with Crippen molar-refractivity contribution in [2.45, 2.75) is 25.3 Å². The highest BCUT2D eigenvalue weighted by atomic mass is 15.1. The van der Waals surface area contributed by atoms with Crippen LogP contribution in [-0.2, 0) is 0 Å². The van der Waals surface area contributed by atoms with Crippen molar-refractivity contribution < 1.29 is 0 Å². The molecule has 0 aromatic carbocycles. The molecule has 0 aromatic heterocycles. The number of hydrogen-bond donors (Lipinski definition) is 2. The van der Waals surface area contributed by atoms with E-state index in [0.717, 1.165) is 12.8 Å². The predicted molar refractivity (Wildman–Crippen MR) is 64.4 cm³/mol. The van der Waals surface area contributed by atoms with Gasteiger partial charge in [-0.1, -0.05) is 6.08 Å². The highest BCUT2D eigenvalue weighted by Gasteiger charge is 2.30. The molecule has 0 saturated carbocycles. The van der Waals surface area contributed by atoms with Gasteiger partial charge < -0.3 is 16.0 Å². The fraction of sp³-hybridized carbons (Fsp3) is 0.417. The number of fused-ring (bicyclic) bond motifs is 2. The fourth-order valence-corrected chi connectivity index (χ4v) is 2.70. The van der Waals surface area contributed by atoms with Crippen LogP contribution in [0.5, 0.6) is 0 Å². The van der Waals surface area contributed by atoms with E-state index in [4.69, 9.17) is 5.73 Å². The second-order valence-electron chi connectivity index (χ2n) is 4.50. The summed E-state index contributed by atoms with van der Waals surface area (Å²) in [6.45, 7) is 0. The van der Waals surface area contributed by atoms with Gasteiger partial charge in [-0.25, -0.2) is 4.99 Å². The molecule has 4 nitrogen and oxygen atoms in total. The molecule has 0 fully saturated rings. The highest BCUT2D eigenvalue weighted by molar-refractivity contribution is 5.83. The standard InChI is InChI=1S/C12H16N4/c1-16-6-2-3-9-10(16)5-4-8-7-14-12(13)15-11(8)9/h2,6-7,10H,3-5H2,1H3,(H3,13,14,15). The molecule has 1 unspecified atom stereocenters. The highest BCUT2D eigenvalue weighted by Crippen LogP contribution is 2.35. The first-order valence-corrected chi connectivity index (χ1v) is 5.67. The maximum absolute atomic E-state index is 5.73. The monoisotopic (exact) mass is 216 g/mol. The van der Waals surface area contributed by atoms with E-state index in [2.05, 4.69) is 34.5 Å². The lowest BCUT2D eigenvalue weighted by atomic mass is 9.84. The van der Waals surface area contributed by atoms with Gasteiger partial charge in [-0.2, -0.15) is 0 Å². The smallest absolute Gasteiger partial charge is 0.197 e. The third-order valence-electron chi connectivity index (χ3n) is 3.51. The minimum absolute atomic E-state index is 0.504. The van der Waals surface area contributed by atoms with E-state index >= 15 is 0 Å². The Kier molecular flexibility index (Phi) is 2.02. The summed E-state index contributed by atoms with van der Waals surface area (Å²) in [4.78, 5) is 6.41. The molecular weight excluding hydrogens is 200 g/mol. The van der Waals surface area contributed by atoms with Crippen LogP contribution < -0.4 is 11.1 Å². The Morgan fingerprint density at radius 2 is 2.44 bits per heavy atom. The van der Waals surface area contributed by atoms with Crippen LogP contribution in [0.15, 0.2) is 40.3 Å². The average molecular weight is 216 g/mol. The zero-order valence-electron chi connectivity index (χ0n) is 9.40. The van der Waals surface area contributed by atoms with Gasteiger partial charge in [0, 0.05) is 18.9 Å². The fourth-order valence-electron chi connectivity index (χ4n) is 2.70. The van der Waals surface area contributed by atoms with Crippen molar-refractivity contribution in [2.75, 3.05) is 7.05 Å². The van der Waals surface area contributed by atoms with Gasteiger partial charge in [0.15, 0.2) is 5.96 Å². The van der Waals surface area contributed by atoms with Crippen LogP contribution in [0.2, 0.25) is 0 Å². The molecule has 0 radical (unpaired) electrons. The van der Waals surface area contributed by atoms with Crippen LogP contribution in [0, 0.1) is 0 Å². The van der Waals surface area contributed by atoms with Crippen LogP contribution in [0.3, 0.4) is 0 Å². The lowest BCUT2D eigenvalue weighted by Crippen LogP contribution is -2.41. The average Bonchev–Trinajstić information content (AvgIpc) is 2.29. The third-order valence-corrected chi connectivity index (χ3v) is 3.51. The number of nitrogens with zero attached hydrogens (tertiary/aromatic N) is 2. The molecule has 0 bridgehead atoms. The van der Waals surface area contributed by atoms with Crippen LogP contribution >= 0.6 is 0 Å². The van der Waals surface area contributed by atoms with Gasteiger partial charge in [-0.3, -0.25) is 0 Å². The van der Waals surface area contributed by atoms with Gasteiger partial charge in [0.05, 0.1) is 6.04 Å². The summed E-state index contributed by atoms with van der Waals surface area (Å²) in [6, 6.07) is 0.524. The van der Waals surface area contributed by atoms with Crippen molar-refractivity contribution in [1.29, 1.82) is 0 Å². The first-order valence-electron chi connectivity index (χ1n) is 5.67. The van der Waals surface area contributed by atoms with E-state index in [1.54, 1.807) is 0 Å². The molecule has 2 aliphatic heterocycles. The van der Waals surface area contributed by atoms with Gasteiger partial charge in [-0.15, -0.1) is 0 Å². The largest absolute Gasteiger partial charge is 0.374 e. The summed E-state index contributed by atoms with van der Waals surface area (Å²) in [5, 5.41) is 3.22. The number of hydrogen-bond acceptors (Lipinski definition) is 4. The summed E-state index contributed by atoms with van der Waals surface area (Å²) in [7, 11) is 2.13. The Bertz CT molecular complexity index is 442. The molecule has 84 valence electrons. The van der Waals surface area contributed by atoms with Crippen molar-refractivity contribution >= 4 is 5.96 Å². The van der Waals surface area contributed by atoms with Crippen LogP contribution in [0.25, 0.3) is 0 Å². The van der Waals surface area contributed by atoms with E-state index < -0.39 is 0 Å². The summed E-state index contributed by atoms with van der Waals surface area (Å²) in [5.41, 5.74) is 9.68.